The zero-order valence-corrected chi connectivity index (χ0v) is 19.3. The molecule has 0 spiro atoms. The number of nitrogens with zero attached hydrogens (tertiary/aromatic N) is 3. The van der Waals surface area contributed by atoms with Crippen LogP contribution in [0.5, 0.6) is 0 Å². The summed E-state index contributed by atoms with van der Waals surface area (Å²) in [6.45, 7) is 3.88. The Morgan fingerprint density at radius 1 is 1.18 bits per heavy atom. The Balaban J connectivity index is 1.50. The number of rotatable bonds is 6. The lowest BCUT2D eigenvalue weighted by atomic mass is 10.1. The number of benzene rings is 2. The maximum atomic E-state index is 12.8. The summed E-state index contributed by atoms with van der Waals surface area (Å²) in [6, 6.07) is 11.0. The lowest BCUT2D eigenvalue weighted by molar-refractivity contribution is -0.387. The van der Waals surface area contributed by atoms with Gasteiger partial charge in [0.05, 0.1) is 23.0 Å². The average Bonchev–Trinajstić information content (AvgIpc) is 3.23. The number of carbonyl (C=O) groups excluding carboxylic acids is 2. The Morgan fingerprint density at radius 3 is 2.67 bits per heavy atom. The highest BCUT2D eigenvalue weighted by Gasteiger charge is 2.21. The van der Waals surface area contributed by atoms with Crippen molar-refractivity contribution in [3.05, 3.63) is 74.8 Å². The van der Waals surface area contributed by atoms with Crippen molar-refractivity contribution in [2.75, 3.05) is 31.6 Å². The SMILES string of the molecule is Cc1csc(Sc2ccc(C(=O)Nc3cccc(C(=O)N4CCOCC4)c3)cc2[N+](=O)[O-])n1. The molecule has 1 fully saturated rings. The fraction of sp³-hybridized carbons (Fsp3) is 0.227. The third-order valence-corrected chi connectivity index (χ3v) is 7.00. The topological polar surface area (TPSA) is 115 Å². The molecule has 11 heteroatoms. The number of anilines is 1. The van der Waals surface area contributed by atoms with Gasteiger partial charge in [-0.2, -0.15) is 0 Å². The first-order valence-corrected chi connectivity index (χ1v) is 11.8. The quantitative estimate of drug-likeness (QED) is 0.411. The van der Waals surface area contributed by atoms with E-state index < -0.39 is 10.8 Å². The molecule has 0 radical (unpaired) electrons. The van der Waals surface area contributed by atoms with Gasteiger partial charge in [0, 0.05) is 47.0 Å². The predicted octanol–water partition coefficient (Wildman–Crippen LogP) is 4.24. The molecule has 33 heavy (non-hydrogen) atoms. The van der Waals surface area contributed by atoms with E-state index in [1.807, 2.05) is 12.3 Å². The second-order valence-electron chi connectivity index (χ2n) is 7.24. The maximum Gasteiger partial charge on any atom is 0.284 e. The molecule has 2 aromatic carbocycles. The van der Waals surface area contributed by atoms with Crippen molar-refractivity contribution < 1.29 is 19.2 Å². The van der Waals surface area contributed by atoms with Crippen molar-refractivity contribution in [3.8, 4) is 0 Å². The summed E-state index contributed by atoms with van der Waals surface area (Å²) >= 11 is 2.59. The van der Waals surface area contributed by atoms with Gasteiger partial charge in [-0.25, -0.2) is 4.98 Å². The van der Waals surface area contributed by atoms with Crippen molar-refractivity contribution in [2.45, 2.75) is 16.2 Å². The number of hydrogen-bond acceptors (Lipinski definition) is 8. The van der Waals surface area contributed by atoms with Gasteiger partial charge in [0.15, 0.2) is 4.34 Å². The molecule has 3 aromatic rings. The zero-order chi connectivity index (χ0) is 23.4. The number of hydrogen-bond donors (Lipinski definition) is 1. The molecule has 1 aromatic heterocycles. The van der Waals surface area contributed by atoms with Gasteiger partial charge in [0.1, 0.15) is 0 Å². The van der Waals surface area contributed by atoms with Gasteiger partial charge in [0.25, 0.3) is 17.5 Å². The molecule has 1 saturated heterocycles. The lowest BCUT2D eigenvalue weighted by Gasteiger charge is -2.27. The normalized spacial score (nSPS) is 13.5. The van der Waals surface area contributed by atoms with Gasteiger partial charge < -0.3 is 15.0 Å². The fourth-order valence-corrected chi connectivity index (χ4v) is 5.12. The molecule has 1 aliphatic rings. The van der Waals surface area contributed by atoms with Crippen LogP contribution in [0.4, 0.5) is 11.4 Å². The first kappa shape index (κ1) is 22.9. The highest BCUT2D eigenvalue weighted by atomic mass is 32.2. The fourth-order valence-electron chi connectivity index (χ4n) is 3.24. The van der Waals surface area contributed by atoms with Crippen LogP contribution in [0.15, 0.2) is 57.1 Å². The average molecular weight is 485 g/mol. The van der Waals surface area contributed by atoms with Gasteiger partial charge in [-0.3, -0.25) is 19.7 Å². The number of carbonyl (C=O) groups is 2. The second-order valence-corrected chi connectivity index (χ2v) is 9.38. The van der Waals surface area contributed by atoms with Crippen LogP contribution in [-0.2, 0) is 4.74 Å². The summed E-state index contributed by atoms with van der Waals surface area (Å²) in [5, 5.41) is 16.2. The van der Waals surface area contributed by atoms with Gasteiger partial charge in [-0.15, -0.1) is 11.3 Å². The van der Waals surface area contributed by atoms with Crippen molar-refractivity contribution >= 4 is 46.3 Å². The Hall–Kier alpha value is -3.28. The Bertz CT molecular complexity index is 1210. The summed E-state index contributed by atoms with van der Waals surface area (Å²) in [5.74, 6) is -0.639. The lowest BCUT2D eigenvalue weighted by Crippen LogP contribution is -2.40. The zero-order valence-electron chi connectivity index (χ0n) is 17.6. The minimum absolute atomic E-state index is 0.135. The second kappa shape index (κ2) is 10.1. The molecule has 2 heterocycles. The van der Waals surface area contributed by atoms with Crippen LogP contribution in [0, 0.1) is 17.0 Å². The number of ether oxygens (including phenoxy) is 1. The number of morpholine rings is 1. The predicted molar refractivity (Wildman–Crippen MR) is 125 cm³/mol. The molecule has 4 rings (SSSR count). The molecular weight excluding hydrogens is 464 g/mol. The van der Waals surface area contributed by atoms with E-state index in [9.17, 15) is 19.7 Å². The minimum atomic E-state index is -0.513. The van der Waals surface area contributed by atoms with Crippen molar-refractivity contribution in [1.29, 1.82) is 0 Å². The van der Waals surface area contributed by atoms with E-state index in [1.54, 1.807) is 35.2 Å². The third kappa shape index (κ3) is 5.56. The van der Waals surface area contributed by atoms with Crippen LogP contribution in [0.2, 0.25) is 0 Å². The summed E-state index contributed by atoms with van der Waals surface area (Å²) in [5.41, 5.74) is 1.70. The van der Waals surface area contributed by atoms with E-state index in [2.05, 4.69) is 10.3 Å². The smallest absolute Gasteiger partial charge is 0.284 e. The Kier molecular flexibility index (Phi) is 7.02. The molecule has 1 N–H and O–H groups in total. The number of thiazole rings is 1. The van der Waals surface area contributed by atoms with E-state index in [0.29, 0.717) is 46.8 Å². The molecule has 1 aliphatic heterocycles. The Labute approximate surface area is 197 Å². The molecule has 0 aliphatic carbocycles. The van der Waals surface area contributed by atoms with Crippen LogP contribution in [0.25, 0.3) is 0 Å². The summed E-state index contributed by atoms with van der Waals surface area (Å²) in [6.07, 6.45) is 0. The number of nitro groups is 1. The van der Waals surface area contributed by atoms with Crippen LogP contribution in [0.1, 0.15) is 26.4 Å². The minimum Gasteiger partial charge on any atom is -0.378 e. The number of aromatic nitrogens is 1. The van der Waals surface area contributed by atoms with Crippen LogP contribution >= 0.6 is 23.1 Å². The van der Waals surface area contributed by atoms with Crippen molar-refractivity contribution in [3.63, 3.8) is 0 Å². The number of amides is 2. The van der Waals surface area contributed by atoms with E-state index in [1.165, 1.54) is 35.2 Å². The van der Waals surface area contributed by atoms with Crippen LogP contribution < -0.4 is 5.32 Å². The van der Waals surface area contributed by atoms with Gasteiger partial charge in [-0.1, -0.05) is 17.8 Å². The highest BCUT2D eigenvalue weighted by molar-refractivity contribution is 8.01. The number of nitrogens with one attached hydrogen (secondary N) is 1. The maximum absolute atomic E-state index is 12.8. The van der Waals surface area contributed by atoms with Crippen LogP contribution in [-0.4, -0.2) is 52.9 Å². The van der Waals surface area contributed by atoms with Gasteiger partial charge in [-0.05, 0) is 37.3 Å². The summed E-state index contributed by atoms with van der Waals surface area (Å²) < 4.78 is 5.97. The first-order chi connectivity index (χ1) is 15.9. The largest absolute Gasteiger partial charge is 0.378 e. The van der Waals surface area contributed by atoms with E-state index >= 15 is 0 Å². The standard InChI is InChI=1S/C22H20N4O5S2/c1-14-13-32-22(23-14)33-19-6-5-15(12-18(19)26(29)30)20(27)24-17-4-2-3-16(11-17)21(28)25-7-9-31-10-8-25/h2-6,11-13H,7-10H2,1H3,(H,24,27). The first-order valence-electron chi connectivity index (χ1n) is 10.1. The van der Waals surface area contributed by atoms with E-state index in [-0.39, 0.29) is 17.2 Å². The number of aryl methyl sites for hydroxylation is 1. The molecule has 0 unspecified atom stereocenters. The highest BCUT2D eigenvalue weighted by Crippen LogP contribution is 2.37. The van der Waals surface area contributed by atoms with Gasteiger partial charge in [0.2, 0.25) is 0 Å². The van der Waals surface area contributed by atoms with E-state index in [0.717, 1.165) is 5.69 Å². The summed E-state index contributed by atoms with van der Waals surface area (Å²) in [7, 11) is 0. The van der Waals surface area contributed by atoms with Gasteiger partial charge >= 0.3 is 0 Å². The molecule has 0 bridgehead atoms. The van der Waals surface area contributed by atoms with Crippen molar-refractivity contribution in [2.24, 2.45) is 0 Å². The Morgan fingerprint density at radius 2 is 1.97 bits per heavy atom. The molecule has 2 amide bonds. The van der Waals surface area contributed by atoms with Crippen molar-refractivity contribution in [1.82, 2.24) is 9.88 Å². The molecule has 0 saturated carbocycles. The van der Waals surface area contributed by atoms with Crippen LogP contribution in [0.3, 0.4) is 0 Å². The summed E-state index contributed by atoms with van der Waals surface area (Å²) in [4.78, 5) is 43.0. The van der Waals surface area contributed by atoms with E-state index in [4.69, 9.17) is 4.74 Å². The number of nitro benzene ring substituents is 1. The molecule has 170 valence electrons. The monoisotopic (exact) mass is 484 g/mol. The third-order valence-electron chi connectivity index (χ3n) is 4.88. The molecule has 9 nitrogen and oxygen atoms in total. The molecular formula is C22H20N4O5S2. The molecule has 0 atom stereocenters.